The predicted octanol–water partition coefficient (Wildman–Crippen LogP) is 0.972. The van der Waals surface area contributed by atoms with Gasteiger partial charge >= 0.3 is 5.97 Å². The smallest absolute Gasteiger partial charge is 0.326 e. The lowest BCUT2D eigenvalue weighted by Gasteiger charge is -2.23. The topological polar surface area (TPSA) is 136 Å². The van der Waals surface area contributed by atoms with E-state index in [1.54, 1.807) is 0 Å². The van der Waals surface area contributed by atoms with E-state index in [2.05, 4.69) is 10.6 Å². The second-order valence-corrected chi connectivity index (χ2v) is 6.40. The highest BCUT2D eigenvalue weighted by molar-refractivity contribution is 6.26. The third-order valence-electron chi connectivity index (χ3n) is 3.97. The van der Waals surface area contributed by atoms with E-state index >= 15 is 0 Å². The molecule has 0 aliphatic heterocycles. The van der Waals surface area contributed by atoms with E-state index in [-0.39, 0.29) is 19.3 Å². The Morgan fingerprint density at radius 2 is 2.00 bits per heavy atom. The molecule has 0 aromatic rings. The van der Waals surface area contributed by atoms with E-state index in [0.29, 0.717) is 12.1 Å². The Bertz CT molecular complexity index is 639. The minimum absolute atomic E-state index is 0.120. The first-order chi connectivity index (χ1) is 12.2. The molecule has 3 atom stereocenters. The zero-order valence-corrected chi connectivity index (χ0v) is 15.0. The number of hydrogen-bond acceptors (Lipinski definition) is 5. The molecule has 0 bridgehead atoms. The Hall–Kier alpha value is -2.77. The molecular formula is C18H25N3O5. The van der Waals surface area contributed by atoms with Gasteiger partial charge in [0.1, 0.15) is 12.1 Å². The van der Waals surface area contributed by atoms with Crippen LogP contribution in [-0.2, 0) is 19.2 Å². The van der Waals surface area contributed by atoms with Crippen molar-refractivity contribution in [3.05, 3.63) is 23.8 Å². The molecule has 0 heterocycles. The molecule has 1 unspecified atom stereocenters. The van der Waals surface area contributed by atoms with E-state index in [1.165, 1.54) is 6.92 Å². The molecule has 1 aliphatic carbocycles. The molecule has 1 rings (SSSR count). The second-order valence-electron chi connectivity index (χ2n) is 6.40. The van der Waals surface area contributed by atoms with Crippen LogP contribution in [0.2, 0.25) is 0 Å². The molecule has 1 aliphatic rings. The van der Waals surface area contributed by atoms with Crippen molar-refractivity contribution in [3.8, 4) is 0 Å². The molecule has 8 heteroatoms. The fourth-order valence-electron chi connectivity index (χ4n) is 2.69. The van der Waals surface area contributed by atoms with Gasteiger partial charge in [-0.1, -0.05) is 30.7 Å². The number of amides is 2. The average Bonchev–Trinajstić information content (AvgIpc) is 2.56. The van der Waals surface area contributed by atoms with Gasteiger partial charge in [-0.2, -0.15) is 0 Å². The maximum atomic E-state index is 12.5. The fourth-order valence-corrected chi connectivity index (χ4v) is 2.69. The van der Waals surface area contributed by atoms with Gasteiger partial charge in [0.2, 0.25) is 11.8 Å². The SMILES string of the molecule is CC(=O)N[C@@H](CC1=CC=CC(C)C1)C(=O)N[C@@H](CCC(=O)C=N)C(=O)O. The van der Waals surface area contributed by atoms with E-state index in [4.69, 9.17) is 5.41 Å². The zero-order valence-electron chi connectivity index (χ0n) is 15.0. The summed E-state index contributed by atoms with van der Waals surface area (Å²) in [5.74, 6) is -2.47. The number of aliphatic carboxylic acids is 1. The number of carboxylic acids is 1. The summed E-state index contributed by atoms with van der Waals surface area (Å²) in [5.41, 5.74) is 0.986. The van der Waals surface area contributed by atoms with Crippen molar-refractivity contribution >= 4 is 29.8 Å². The second kappa shape index (κ2) is 10.3. The molecule has 0 saturated heterocycles. The summed E-state index contributed by atoms with van der Waals surface area (Å²) < 4.78 is 0. The Morgan fingerprint density at radius 3 is 2.54 bits per heavy atom. The van der Waals surface area contributed by atoms with Crippen molar-refractivity contribution in [2.45, 2.75) is 51.6 Å². The largest absolute Gasteiger partial charge is 0.480 e. The van der Waals surface area contributed by atoms with Crippen LogP contribution in [0.25, 0.3) is 0 Å². The predicted molar refractivity (Wildman–Crippen MR) is 95.8 cm³/mol. The summed E-state index contributed by atoms with van der Waals surface area (Å²) >= 11 is 0. The maximum Gasteiger partial charge on any atom is 0.326 e. The Labute approximate surface area is 152 Å². The summed E-state index contributed by atoms with van der Waals surface area (Å²) in [6.45, 7) is 3.33. The molecule has 0 spiro atoms. The lowest BCUT2D eigenvalue weighted by Crippen LogP contribution is -2.51. The number of nitrogens with one attached hydrogen (secondary N) is 3. The van der Waals surface area contributed by atoms with E-state index < -0.39 is 35.7 Å². The van der Waals surface area contributed by atoms with E-state index in [0.717, 1.165) is 12.0 Å². The molecule has 26 heavy (non-hydrogen) atoms. The molecule has 8 nitrogen and oxygen atoms in total. The zero-order chi connectivity index (χ0) is 19.7. The summed E-state index contributed by atoms with van der Waals surface area (Å²) in [7, 11) is 0. The van der Waals surface area contributed by atoms with Crippen LogP contribution in [0.1, 0.15) is 39.5 Å². The first-order valence-corrected chi connectivity index (χ1v) is 8.42. The van der Waals surface area contributed by atoms with Crippen LogP contribution in [0.3, 0.4) is 0 Å². The Kier molecular flexibility index (Phi) is 8.41. The minimum Gasteiger partial charge on any atom is -0.480 e. The first kappa shape index (κ1) is 21.3. The number of carbonyl (C=O) groups is 4. The summed E-state index contributed by atoms with van der Waals surface area (Å²) in [4.78, 5) is 46.4. The molecule has 142 valence electrons. The van der Waals surface area contributed by atoms with Crippen LogP contribution in [0.4, 0.5) is 0 Å². The van der Waals surface area contributed by atoms with Crippen LogP contribution in [0, 0.1) is 11.3 Å². The average molecular weight is 363 g/mol. The van der Waals surface area contributed by atoms with Gasteiger partial charge in [0, 0.05) is 13.3 Å². The highest BCUT2D eigenvalue weighted by Gasteiger charge is 2.27. The molecule has 0 aromatic carbocycles. The van der Waals surface area contributed by atoms with Gasteiger partial charge in [-0.15, -0.1) is 0 Å². The number of Topliss-reactive ketones (excluding diaryl/α,β-unsaturated/α-hetero) is 1. The molecule has 2 amide bonds. The van der Waals surface area contributed by atoms with Crippen molar-refractivity contribution in [3.63, 3.8) is 0 Å². The Morgan fingerprint density at radius 1 is 1.31 bits per heavy atom. The molecule has 0 radical (unpaired) electrons. The number of ketones is 1. The van der Waals surface area contributed by atoms with Gasteiger partial charge < -0.3 is 21.1 Å². The van der Waals surface area contributed by atoms with Crippen molar-refractivity contribution in [1.29, 1.82) is 5.41 Å². The molecule has 0 fully saturated rings. The van der Waals surface area contributed by atoms with Crippen LogP contribution < -0.4 is 10.6 Å². The summed E-state index contributed by atoms with van der Waals surface area (Å²) in [6.07, 6.45) is 7.21. The van der Waals surface area contributed by atoms with Gasteiger partial charge in [0.05, 0.1) is 6.21 Å². The van der Waals surface area contributed by atoms with Gasteiger partial charge in [0.15, 0.2) is 5.78 Å². The van der Waals surface area contributed by atoms with Crippen LogP contribution in [0.15, 0.2) is 23.8 Å². The highest BCUT2D eigenvalue weighted by Crippen LogP contribution is 2.22. The van der Waals surface area contributed by atoms with Crippen LogP contribution in [-0.4, -0.2) is 47.0 Å². The number of carboxylic acid groups (broad SMARTS) is 1. The highest BCUT2D eigenvalue weighted by atomic mass is 16.4. The fraction of sp³-hybridized carbons (Fsp3) is 0.500. The minimum atomic E-state index is -1.27. The lowest BCUT2D eigenvalue weighted by molar-refractivity contribution is -0.142. The molecule has 4 N–H and O–H groups in total. The summed E-state index contributed by atoms with van der Waals surface area (Å²) in [6, 6.07) is -2.15. The van der Waals surface area contributed by atoms with E-state index in [1.807, 2.05) is 25.2 Å². The third-order valence-corrected chi connectivity index (χ3v) is 3.97. The quantitative estimate of drug-likeness (QED) is 0.429. The van der Waals surface area contributed by atoms with Crippen LogP contribution >= 0.6 is 0 Å². The lowest BCUT2D eigenvalue weighted by atomic mass is 9.91. The third kappa shape index (κ3) is 7.42. The molecule has 0 saturated carbocycles. The summed E-state index contributed by atoms with van der Waals surface area (Å²) in [5, 5.41) is 21.0. The van der Waals surface area contributed by atoms with Gasteiger partial charge in [-0.3, -0.25) is 14.4 Å². The number of carbonyl (C=O) groups excluding carboxylic acids is 3. The van der Waals surface area contributed by atoms with Gasteiger partial charge in [-0.05, 0) is 25.2 Å². The number of rotatable bonds is 10. The first-order valence-electron chi connectivity index (χ1n) is 8.42. The van der Waals surface area contributed by atoms with E-state index in [9.17, 15) is 24.3 Å². The molecular weight excluding hydrogens is 338 g/mol. The van der Waals surface area contributed by atoms with Crippen molar-refractivity contribution in [2.24, 2.45) is 5.92 Å². The molecule has 0 aromatic heterocycles. The standard InChI is InChI=1S/C18H25N3O5/c1-11-4-3-5-13(8-11)9-16(20-12(2)22)17(24)21-15(18(25)26)7-6-14(23)10-19/h3-5,10-11,15-16,19H,6-9H2,1-2H3,(H,20,22)(H,21,24)(H,25,26)/t11?,15-,16-/m0/s1. The van der Waals surface area contributed by atoms with Crippen molar-refractivity contribution in [1.82, 2.24) is 10.6 Å². The normalized spacial score (nSPS) is 18.2. The number of hydrogen-bond donors (Lipinski definition) is 4. The monoisotopic (exact) mass is 363 g/mol. The Balaban J connectivity index is 2.79. The maximum absolute atomic E-state index is 12.5. The van der Waals surface area contributed by atoms with Crippen LogP contribution in [0.5, 0.6) is 0 Å². The van der Waals surface area contributed by atoms with Crippen molar-refractivity contribution in [2.75, 3.05) is 0 Å². The van der Waals surface area contributed by atoms with Crippen molar-refractivity contribution < 1.29 is 24.3 Å². The van der Waals surface area contributed by atoms with Gasteiger partial charge in [-0.25, -0.2) is 4.79 Å². The van der Waals surface area contributed by atoms with Gasteiger partial charge in [0.25, 0.3) is 0 Å². The number of allylic oxidation sites excluding steroid dienone is 3.